The van der Waals surface area contributed by atoms with E-state index in [0.717, 1.165) is 31.6 Å². The highest BCUT2D eigenvalue weighted by Crippen LogP contribution is 2.34. The molecule has 1 aliphatic heterocycles. The minimum atomic E-state index is -4.43. The van der Waals surface area contributed by atoms with Crippen LogP contribution >= 0.6 is 0 Å². The van der Waals surface area contributed by atoms with Crippen molar-refractivity contribution in [2.45, 2.75) is 32.4 Å². The fourth-order valence-electron chi connectivity index (χ4n) is 2.56. The van der Waals surface area contributed by atoms with Crippen LogP contribution in [0, 0.1) is 5.92 Å². The number of piperidine rings is 1. The Labute approximate surface area is 133 Å². The summed E-state index contributed by atoms with van der Waals surface area (Å²) < 4.78 is 38.7. The van der Waals surface area contributed by atoms with E-state index in [4.69, 9.17) is 0 Å². The zero-order valence-corrected chi connectivity index (χ0v) is 13.1. The van der Waals surface area contributed by atoms with Crippen LogP contribution < -0.4 is 16.0 Å². The van der Waals surface area contributed by atoms with Crippen LogP contribution in [-0.2, 0) is 11.0 Å². The van der Waals surface area contributed by atoms with Gasteiger partial charge in [-0.15, -0.1) is 0 Å². The number of anilines is 2. The second kappa shape index (κ2) is 7.68. The second-order valence-electron chi connectivity index (χ2n) is 5.70. The Balaban J connectivity index is 2.19. The largest absolute Gasteiger partial charge is 0.416 e. The number of rotatable bonds is 5. The molecule has 1 amide bonds. The van der Waals surface area contributed by atoms with Crippen molar-refractivity contribution in [1.82, 2.24) is 5.32 Å². The van der Waals surface area contributed by atoms with Crippen molar-refractivity contribution in [2.24, 2.45) is 5.92 Å². The standard InChI is InChI=1S/C16H22F3N3O/c1-2-7-21-13-4-3-12(16(17,18)19)10-14(13)22-15(23)11-5-8-20-9-6-11/h3-4,10-11,20-21H,2,5-9H2,1H3,(H,22,23). The summed E-state index contributed by atoms with van der Waals surface area (Å²) in [5.74, 6) is -0.379. The lowest BCUT2D eigenvalue weighted by Crippen LogP contribution is -2.34. The van der Waals surface area contributed by atoms with Gasteiger partial charge in [0.25, 0.3) is 0 Å². The first-order valence-electron chi connectivity index (χ1n) is 7.88. The maximum atomic E-state index is 12.9. The Bertz CT molecular complexity index is 540. The molecule has 0 aromatic heterocycles. The summed E-state index contributed by atoms with van der Waals surface area (Å²) in [6, 6.07) is 3.39. The Morgan fingerprint density at radius 1 is 1.26 bits per heavy atom. The van der Waals surface area contributed by atoms with Gasteiger partial charge in [0, 0.05) is 12.5 Å². The molecule has 1 saturated heterocycles. The molecule has 0 radical (unpaired) electrons. The van der Waals surface area contributed by atoms with Crippen molar-refractivity contribution < 1.29 is 18.0 Å². The lowest BCUT2D eigenvalue weighted by Gasteiger charge is -2.23. The van der Waals surface area contributed by atoms with Crippen LogP contribution in [0.3, 0.4) is 0 Å². The van der Waals surface area contributed by atoms with Crippen molar-refractivity contribution in [1.29, 1.82) is 0 Å². The van der Waals surface area contributed by atoms with Crippen LogP contribution in [0.1, 0.15) is 31.7 Å². The summed E-state index contributed by atoms with van der Waals surface area (Å²) >= 11 is 0. The van der Waals surface area contributed by atoms with E-state index in [1.807, 2.05) is 6.92 Å². The van der Waals surface area contributed by atoms with Crippen LogP contribution in [0.15, 0.2) is 18.2 Å². The molecule has 7 heteroatoms. The molecular weight excluding hydrogens is 307 g/mol. The molecule has 0 bridgehead atoms. The molecule has 1 aromatic rings. The molecule has 1 aliphatic rings. The smallest absolute Gasteiger partial charge is 0.383 e. The Kier molecular flexibility index (Phi) is 5.87. The zero-order chi connectivity index (χ0) is 16.9. The van der Waals surface area contributed by atoms with E-state index >= 15 is 0 Å². The van der Waals surface area contributed by atoms with Gasteiger partial charge in [0.2, 0.25) is 5.91 Å². The Morgan fingerprint density at radius 3 is 2.57 bits per heavy atom. The van der Waals surface area contributed by atoms with Crippen molar-refractivity contribution >= 4 is 17.3 Å². The predicted octanol–water partition coefficient (Wildman–Crippen LogP) is 3.47. The lowest BCUT2D eigenvalue weighted by atomic mass is 9.97. The fourth-order valence-corrected chi connectivity index (χ4v) is 2.56. The molecule has 128 valence electrons. The minimum absolute atomic E-state index is 0.162. The molecule has 0 spiro atoms. The van der Waals surface area contributed by atoms with Crippen molar-refractivity contribution in [2.75, 3.05) is 30.3 Å². The van der Waals surface area contributed by atoms with Crippen molar-refractivity contribution in [3.05, 3.63) is 23.8 Å². The molecule has 2 rings (SSSR count). The van der Waals surface area contributed by atoms with Gasteiger partial charge >= 0.3 is 6.18 Å². The first kappa shape index (κ1) is 17.6. The number of alkyl halides is 3. The number of benzene rings is 1. The van der Waals surface area contributed by atoms with E-state index in [0.29, 0.717) is 25.1 Å². The number of carbonyl (C=O) groups excluding carboxylic acids is 1. The molecule has 0 aliphatic carbocycles. The highest BCUT2D eigenvalue weighted by Gasteiger charge is 2.31. The number of hydrogen-bond acceptors (Lipinski definition) is 3. The molecule has 1 fully saturated rings. The van der Waals surface area contributed by atoms with Gasteiger partial charge in [-0.25, -0.2) is 0 Å². The first-order chi connectivity index (χ1) is 10.9. The molecular formula is C16H22F3N3O. The summed E-state index contributed by atoms with van der Waals surface area (Å²) in [5, 5.41) is 8.89. The van der Waals surface area contributed by atoms with Gasteiger partial charge in [-0.2, -0.15) is 13.2 Å². The van der Waals surface area contributed by atoms with Gasteiger partial charge in [0.15, 0.2) is 0 Å². The minimum Gasteiger partial charge on any atom is -0.383 e. The Hall–Kier alpha value is -1.76. The van der Waals surface area contributed by atoms with Gasteiger partial charge in [0.05, 0.1) is 16.9 Å². The van der Waals surface area contributed by atoms with Crippen LogP contribution in [-0.4, -0.2) is 25.5 Å². The fraction of sp³-hybridized carbons (Fsp3) is 0.562. The van der Waals surface area contributed by atoms with Gasteiger partial charge in [-0.1, -0.05) is 6.92 Å². The van der Waals surface area contributed by atoms with Crippen LogP contribution in [0.25, 0.3) is 0 Å². The average molecular weight is 329 g/mol. The van der Waals surface area contributed by atoms with E-state index < -0.39 is 11.7 Å². The third-order valence-corrected chi connectivity index (χ3v) is 3.88. The highest BCUT2D eigenvalue weighted by molar-refractivity contribution is 5.96. The van der Waals surface area contributed by atoms with E-state index in [9.17, 15) is 18.0 Å². The van der Waals surface area contributed by atoms with E-state index in [-0.39, 0.29) is 17.5 Å². The summed E-state index contributed by atoms with van der Waals surface area (Å²) in [6.07, 6.45) is -2.20. The van der Waals surface area contributed by atoms with Crippen LogP contribution in [0.2, 0.25) is 0 Å². The molecule has 1 heterocycles. The maximum Gasteiger partial charge on any atom is 0.416 e. The van der Waals surface area contributed by atoms with Crippen LogP contribution in [0.5, 0.6) is 0 Å². The maximum absolute atomic E-state index is 12.9. The summed E-state index contributed by atoms with van der Waals surface area (Å²) in [7, 11) is 0. The molecule has 23 heavy (non-hydrogen) atoms. The highest BCUT2D eigenvalue weighted by atomic mass is 19.4. The molecule has 4 nitrogen and oxygen atoms in total. The number of amides is 1. The molecule has 0 saturated carbocycles. The molecule has 3 N–H and O–H groups in total. The topological polar surface area (TPSA) is 53.2 Å². The number of nitrogens with one attached hydrogen (secondary N) is 3. The number of hydrogen-bond donors (Lipinski definition) is 3. The van der Waals surface area contributed by atoms with E-state index in [1.54, 1.807) is 0 Å². The van der Waals surface area contributed by atoms with Crippen molar-refractivity contribution in [3.8, 4) is 0 Å². The average Bonchev–Trinajstić information content (AvgIpc) is 2.53. The summed E-state index contributed by atoms with van der Waals surface area (Å²) in [5.41, 5.74) is -0.0564. The van der Waals surface area contributed by atoms with E-state index in [2.05, 4.69) is 16.0 Å². The molecule has 0 atom stereocenters. The van der Waals surface area contributed by atoms with E-state index in [1.165, 1.54) is 6.07 Å². The summed E-state index contributed by atoms with van der Waals surface area (Å²) in [4.78, 5) is 12.3. The van der Waals surface area contributed by atoms with Crippen molar-refractivity contribution in [3.63, 3.8) is 0 Å². The SMILES string of the molecule is CCCNc1ccc(C(F)(F)F)cc1NC(=O)C1CCNCC1. The first-order valence-corrected chi connectivity index (χ1v) is 7.88. The van der Waals surface area contributed by atoms with Crippen LogP contribution in [0.4, 0.5) is 24.5 Å². The zero-order valence-electron chi connectivity index (χ0n) is 13.1. The quantitative estimate of drug-likeness (QED) is 0.775. The normalized spacial score (nSPS) is 16.2. The third kappa shape index (κ3) is 4.86. The third-order valence-electron chi connectivity index (χ3n) is 3.88. The van der Waals surface area contributed by atoms with Gasteiger partial charge in [-0.05, 0) is 50.6 Å². The van der Waals surface area contributed by atoms with Gasteiger partial charge in [-0.3, -0.25) is 4.79 Å². The predicted molar refractivity (Wildman–Crippen MR) is 84.4 cm³/mol. The Morgan fingerprint density at radius 2 is 1.96 bits per heavy atom. The van der Waals surface area contributed by atoms with Gasteiger partial charge < -0.3 is 16.0 Å². The molecule has 1 aromatic carbocycles. The monoisotopic (exact) mass is 329 g/mol. The second-order valence-corrected chi connectivity index (χ2v) is 5.70. The summed E-state index contributed by atoms with van der Waals surface area (Å²) in [6.45, 7) is 4.09. The number of halogens is 3. The lowest BCUT2D eigenvalue weighted by molar-refractivity contribution is -0.137. The molecule has 0 unspecified atom stereocenters. The number of carbonyl (C=O) groups is 1. The van der Waals surface area contributed by atoms with Gasteiger partial charge in [0.1, 0.15) is 0 Å².